The molecule has 0 bridgehead atoms. The number of hydrogen-bond acceptors (Lipinski definition) is 2. The van der Waals surface area contributed by atoms with Crippen molar-refractivity contribution >= 4 is 0 Å². The highest BCUT2D eigenvalue weighted by molar-refractivity contribution is 4.87. The molecule has 2 atom stereocenters. The van der Waals surface area contributed by atoms with Gasteiger partial charge in [-0.3, -0.25) is 0 Å². The second-order valence-corrected chi connectivity index (χ2v) is 20.0. The maximum atomic E-state index is 6.30. The summed E-state index contributed by atoms with van der Waals surface area (Å²) < 4.78 is 12.6. The standard InChI is InChI=1S/C50H92O2/c1-3-5-7-9-11-13-38-51-49-34-26-43(27-35-49)20-18-41-22-30-45(31-23-41)47-16-15-17-48(40-47)46-32-24-42(25-33-46)19-21-44-28-36-50(37-29-44)52-39-14-12-10-8-6-4-2/h41-50H,3-40H2,1-2H3. The van der Waals surface area contributed by atoms with Gasteiger partial charge in [0.1, 0.15) is 0 Å². The molecular weight excluding hydrogens is 633 g/mol. The van der Waals surface area contributed by atoms with E-state index in [9.17, 15) is 0 Å². The summed E-state index contributed by atoms with van der Waals surface area (Å²) in [6.07, 6.45) is 53.7. The van der Waals surface area contributed by atoms with E-state index >= 15 is 0 Å². The van der Waals surface area contributed by atoms with Crippen LogP contribution in [0.25, 0.3) is 0 Å². The third-order valence-corrected chi connectivity index (χ3v) is 16.1. The molecule has 0 heterocycles. The van der Waals surface area contributed by atoms with Gasteiger partial charge in [-0.1, -0.05) is 149 Å². The van der Waals surface area contributed by atoms with Gasteiger partial charge in [-0.15, -0.1) is 0 Å². The van der Waals surface area contributed by atoms with E-state index < -0.39 is 0 Å². The quantitative estimate of drug-likeness (QED) is 0.0923. The highest BCUT2D eigenvalue weighted by Crippen LogP contribution is 2.48. The summed E-state index contributed by atoms with van der Waals surface area (Å²) in [5, 5.41) is 0. The van der Waals surface area contributed by atoms with E-state index in [1.165, 1.54) is 154 Å². The van der Waals surface area contributed by atoms with Crippen LogP contribution in [0.1, 0.15) is 245 Å². The van der Waals surface area contributed by atoms with Gasteiger partial charge in [0.15, 0.2) is 0 Å². The van der Waals surface area contributed by atoms with Gasteiger partial charge in [-0.2, -0.15) is 0 Å². The van der Waals surface area contributed by atoms with Gasteiger partial charge in [0.05, 0.1) is 12.2 Å². The fourth-order valence-electron chi connectivity index (χ4n) is 12.4. The summed E-state index contributed by atoms with van der Waals surface area (Å²) in [6, 6.07) is 0. The van der Waals surface area contributed by atoms with E-state index in [1.807, 2.05) is 0 Å². The summed E-state index contributed by atoms with van der Waals surface area (Å²) in [5.41, 5.74) is 0. The van der Waals surface area contributed by atoms with Gasteiger partial charge >= 0.3 is 0 Å². The zero-order valence-corrected chi connectivity index (χ0v) is 35.5. The maximum absolute atomic E-state index is 6.30. The zero-order valence-electron chi connectivity index (χ0n) is 35.5. The first-order chi connectivity index (χ1) is 25.7. The molecule has 2 nitrogen and oxygen atoms in total. The Hall–Kier alpha value is -0.0800. The lowest BCUT2D eigenvalue weighted by atomic mass is 9.63. The van der Waals surface area contributed by atoms with Crippen LogP contribution in [0.15, 0.2) is 0 Å². The van der Waals surface area contributed by atoms with E-state index in [2.05, 4.69) is 13.8 Å². The van der Waals surface area contributed by atoms with Gasteiger partial charge in [0, 0.05) is 13.2 Å². The molecule has 0 spiro atoms. The molecule has 5 saturated carbocycles. The van der Waals surface area contributed by atoms with Crippen LogP contribution in [0.3, 0.4) is 0 Å². The number of unbranched alkanes of at least 4 members (excludes halogenated alkanes) is 10. The van der Waals surface area contributed by atoms with Crippen LogP contribution in [0.4, 0.5) is 0 Å². The molecule has 0 aromatic heterocycles. The average molecular weight is 725 g/mol. The summed E-state index contributed by atoms with van der Waals surface area (Å²) in [7, 11) is 0. The SMILES string of the molecule is CCCCCCCCOC1CCC(CCC2CCC(C3CCCC(C4CCC(CCC5CCC(OCCCCCCCC)CC5)CC4)C3)CC2)CC1. The lowest BCUT2D eigenvalue weighted by Crippen LogP contribution is -2.31. The van der Waals surface area contributed by atoms with Crippen LogP contribution in [0, 0.1) is 47.3 Å². The Balaban J connectivity index is 0.859. The predicted octanol–water partition coefficient (Wildman–Crippen LogP) is 15.8. The van der Waals surface area contributed by atoms with Crippen molar-refractivity contribution in [3.05, 3.63) is 0 Å². The first-order valence-corrected chi connectivity index (χ1v) is 24.9. The molecule has 0 aliphatic heterocycles. The molecule has 0 saturated heterocycles. The van der Waals surface area contributed by atoms with Gasteiger partial charge in [0.2, 0.25) is 0 Å². The van der Waals surface area contributed by atoms with Crippen molar-refractivity contribution in [1.82, 2.24) is 0 Å². The molecule has 5 fully saturated rings. The second kappa shape index (κ2) is 26.0. The Morgan fingerprint density at radius 1 is 0.327 bits per heavy atom. The Kier molecular flexibility index (Phi) is 21.5. The van der Waals surface area contributed by atoms with Crippen LogP contribution in [-0.4, -0.2) is 25.4 Å². The summed E-state index contributed by atoms with van der Waals surface area (Å²) in [6.45, 7) is 6.65. The highest BCUT2D eigenvalue weighted by Gasteiger charge is 2.36. The largest absolute Gasteiger partial charge is 0.378 e. The molecule has 0 radical (unpaired) electrons. The van der Waals surface area contributed by atoms with Gasteiger partial charge in [0.25, 0.3) is 0 Å². The van der Waals surface area contributed by atoms with Crippen molar-refractivity contribution in [2.45, 2.75) is 257 Å². The fraction of sp³-hybridized carbons (Fsp3) is 1.00. The smallest absolute Gasteiger partial charge is 0.0575 e. The molecular formula is C50H92O2. The minimum Gasteiger partial charge on any atom is -0.378 e. The lowest BCUT2D eigenvalue weighted by Gasteiger charge is -2.42. The zero-order chi connectivity index (χ0) is 36.1. The van der Waals surface area contributed by atoms with Crippen molar-refractivity contribution < 1.29 is 9.47 Å². The lowest BCUT2D eigenvalue weighted by molar-refractivity contribution is 0.0143. The molecule has 5 aliphatic carbocycles. The van der Waals surface area contributed by atoms with Crippen molar-refractivity contribution in [3.63, 3.8) is 0 Å². The predicted molar refractivity (Wildman–Crippen MR) is 225 cm³/mol. The summed E-state index contributed by atoms with van der Waals surface area (Å²) >= 11 is 0. The second-order valence-electron chi connectivity index (χ2n) is 20.0. The van der Waals surface area contributed by atoms with E-state index in [0.717, 1.165) is 60.6 Å². The third kappa shape index (κ3) is 16.2. The van der Waals surface area contributed by atoms with Crippen LogP contribution < -0.4 is 0 Å². The number of ether oxygens (including phenoxy) is 2. The molecule has 5 aliphatic rings. The van der Waals surface area contributed by atoms with E-state index in [1.54, 1.807) is 77.0 Å². The topological polar surface area (TPSA) is 18.5 Å². The molecule has 2 unspecified atom stereocenters. The molecule has 2 heteroatoms. The van der Waals surface area contributed by atoms with E-state index in [-0.39, 0.29) is 0 Å². The van der Waals surface area contributed by atoms with E-state index in [4.69, 9.17) is 9.47 Å². The molecule has 0 amide bonds. The molecule has 0 N–H and O–H groups in total. The third-order valence-electron chi connectivity index (χ3n) is 16.1. The van der Waals surface area contributed by atoms with Gasteiger partial charge in [-0.25, -0.2) is 0 Å². The minimum atomic E-state index is 0.580. The molecule has 0 aromatic rings. The van der Waals surface area contributed by atoms with Crippen LogP contribution in [0.2, 0.25) is 0 Å². The molecule has 5 rings (SSSR count). The van der Waals surface area contributed by atoms with Crippen molar-refractivity contribution in [3.8, 4) is 0 Å². The van der Waals surface area contributed by atoms with Crippen molar-refractivity contribution in [2.75, 3.05) is 13.2 Å². The highest BCUT2D eigenvalue weighted by atomic mass is 16.5. The molecule has 304 valence electrons. The van der Waals surface area contributed by atoms with Crippen LogP contribution >= 0.6 is 0 Å². The van der Waals surface area contributed by atoms with E-state index in [0.29, 0.717) is 12.2 Å². The minimum absolute atomic E-state index is 0.580. The van der Waals surface area contributed by atoms with Crippen LogP contribution in [0.5, 0.6) is 0 Å². The van der Waals surface area contributed by atoms with Crippen LogP contribution in [-0.2, 0) is 9.47 Å². The maximum Gasteiger partial charge on any atom is 0.0575 e. The summed E-state index contributed by atoms with van der Waals surface area (Å²) in [5.74, 6) is 8.40. The monoisotopic (exact) mass is 725 g/mol. The molecule has 0 aromatic carbocycles. The fourth-order valence-corrected chi connectivity index (χ4v) is 12.4. The number of hydrogen-bond donors (Lipinski definition) is 0. The van der Waals surface area contributed by atoms with Gasteiger partial charge < -0.3 is 9.47 Å². The normalized spacial score (nSPS) is 34.7. The average Bonchev–Trinajstić information content (AvgIpc) is 3.20. The Labute approximate surface area is 326 Å². The Bertz CT molecular complexity index is 770. The number of rotatable bonds is 24. The van der Waals surface area contributed by atoms with Crippen molar-refractivity contribution in [2.24, 2.45) is 47.3 Å². The Morgan fingerprint density at radius 2 is 0.654 bits per heavy atom. The Morgan fingerprint density at radius 3 is 1.02 bits per heavy atom. The molecule has 52 heavy (non-hydrogen) atoms. The van der Waals surface area contributed by atoms with Gasteiger partial charge in [-0.05, 0) is 144 Å². The first kappa shape index (κ1) is 43.1. The first-order valence-electron chi connectivity index (χ1n) is 24.9. The van der Waals surface area contributed by atoms with Crippen molar-refractivity contribution in [1.29, 1.82) is 0 Å². The summed E-state index contributed by atoms with van der Waals surface area (Å²) in [4.78, 5) is 0.